The molecule has 0 fully saturated rings. The molecule has 3 aromatic rings. The number of halogens is 3. The molecule has 0 radical (unpaired) electrons. The molecule has 0 aromatic heterocycles. The number of benzene rings is 3. The number of hydrogen-bond donors (Lipinski definition) is 1. The first-order valence-electron chi connectivity index (χ1n) is 11.6. The molecule has 0 heterocycles. The average molecular weight is 463 g/mol. The summed E-state index contributed by atoms with van der Waals surface area (Å²) < 4.78 is 45.7. The van der Waals surface area contributed by atoms with E-state index in [1.807, 2.05) is 42.5 Å². The van der Waals surface area contributed by atoms with Crippen molar-refractivity contribution in [2.75, 3.05) is 7.11 Å². The van der Waals surface area contributed by atoms with Crippen LogP contribution in [0.1, 0.15) is 51.3 Å². The Morgan fingerprint density at radius 2 is 1.50 bits per heavy atom. The van der Waals surface area contributed by atoms with Gasteiger partial charge < -0.3 is 10.1 Å². The van der Waals surface area contributed by atoms with E-state index in [-0.39, 0.29) is 23.7 Å². The van der Waals surface area contributed by atoms with Gasteiger partial charge in [0.05, 0.1) is 13.2 Å². The van der Waals surface area contributed by atoms with Crippen LogP contribution >= 0.6 is 0 Å². The van der Waals surface area contributed by atoms with Gasteiger partial charge in [-0.05, 0) is 76.1 Å². The topological polar surface area (TPSA) is 38.3 Å². The molecule has 3 aromatic carbocycles. The van der Waals surface area contributed by atoms with Crippen molar-refractivity contribution in [3.05, 3.63) is 100 Å². The Morgan fingerprint density at radius 1 is 0.853 bits per heavy atom. The lowest BCUT2D eigenvalue weighted by molar-refractivity contribution is -0.174. The Kier molecular flexibility index (Phi) is 4.77. The molecule has 0 saturated carbocycles. The second kappa shape index (κ2) is 7.62. The van der Waals surface area contributed by atoms with Crippen molar-refractivity contribution < 1.29 is 22.7 Å². The van der Waals surface area contributed by atoms with Crippen molar-refractivity contribution in [2.24, 2.45) is 11.8 Å². The molecule has 6 rings (SSSR count). The quantitative estimate of drug-likeness (QED) is 0.530. The van der Waals surface area contributed by atoms with Gasteiger partial charge in [-0.2, -0.15) is 13.2 Å². The number of rotatable bonds is 2. The average Bonchev–Trinajstić information content (AvgIpc) is 3.37. The van der Waals surface area contributed by atoms with Crippen LogP contribution in [0.3, 0.4) is 0 Å². The second-order valence-corrected chi connectivity index (χ2v) is 9.58. The molecule has 3 nitrogen and oxygen atoms in total. The first kappa shape index (κ1) is 21.3. The van der Waals surface area contributed by atoms with Crippen LogP contribution < -0.4 is 10.1 Å². The molecular weight excluding hydrogens is 439 g/mol. The predicted octanol–water partition coefficient (Wildman–Crippen LogP) is 5.69. The minimum absolute atomic E-state index is 0.0329. The predicted molar refractivity (Wildman–Crippen MR) is 122 cm³/mol. The van der Waals surface area contributed by atoms with Crippen LogP contribution in [-0.2, 0) is 17.6 Å². The van der Waals surface area contributed by atoms with Gasteiger partial charge in [-0.25, -0.2) is 0 Å². The number of amides is 1. The van der Waals surface area contributed by atoms with Crippen LogP contribution in [0.4, 0.5) is 13.2 Å². The highest BCUT2D eigenvalue weighted by Gasteiger charge is 2.52. The van der Waals surface area contributed by atoms with E-state index in [9.17, 15) is 18.0 Å². The van der Waals surface area contributed by atoms with E-state index in [0.717, 1.165) is 23.1 Å². The Labute approximate surface area is 195 Å². The molecule has 0 spiro atoms. The number of fused-ring (bicyclic) bond motifs is 9. The van der Waals surface area contributed by atoms with Gasteiger partial charge in [-0.15, -0.1) is 0 Å². The van der Waals surface area contributed by atoms with Crippen LogP contribution in [0.5, 0.6) is 5.75 Å². The lowest BCUT2D eigenvalue weighted by Crippen LogP contribution is -2.42. The number of alkyl halides is 3. The van der Waals surface area contributed by atoms with Gasteiger partial charge in [0.15, 0.2) is 0 Å². The van der Waals surface area contributed by atoms with E-state index in [0.29, 0.717) is 12.2 Å². The summed E-state index contributed by atoms with van der Waals surface area (Å²) in [6, 6.07) is 21.4. The SMILES string of the molecule is COc1ccc2c(c1)[C@@H](NC(=O)C(F)(F)F)[C@@H]1Cc3ccccc3[C@H]1[C@H]1Cc3ccccc3[C@@H]21. The van der Waals surface area contributed by atoms with Gasteiger partial charge in [0.2, 0.25) is 0 Å². The molecule has 0 aliphatic heterocycles. The van der Waals surface area contributed by atoms with Gasteiger partial charge in [0.25, 0.3) is 0 Å². The Hall–Kier alpha value is -3.28. The summed E-state index contributed by atoms with van der Waals surface area (Å²) in [5.74, 6) is -1.23. The maximum atomic E-state index is 13.4. The molecule has 3 aliphatic carbocycles. The molecular formula is C28H24F3NO2. The number of hydrogen-bond acceptors (Lipinski definition) is 2. The molecule has 1 N–H and O–H groups in total. The van der Waals surface area contributed by atoms with Crippen molar-refractivity contribution in [3.8, 4) is 5.75 Å². The van der Waals surface area contributed by atoms with Crippen LogP contribution in [0, 0.1) is 11.8 Å². The fraction of sp³-hybridized carbons (Fsp3) is 0.321. The summed E-state index contributed by atoms with van der Waals surface area (Å²) >= 11 is 0. The Bertz CT molecular complexity index is 1280. The standard InChI is InChI=1S/C28H24F3NO2/c1-34-17-10-11-20-21(14-17)26(32-27(33)28(29,30)31)23-13-16-7-3-5-9-19(16)25(23)22-12-15-6-2-4-8-18(15)24(20)22/h2-11,14,22-26H,12-13H2,1H3,(H,32,33)/t22-,23+,24-,25-,26+/m0/s1. The molecule has 34 heavy (non-hydrogen) atoms. The summed E-state index contributed by atoms with van der Waals surface area (Å²) in [7, 11) is 1.55. The van der Waals surface area contributed by atoms with E-state index < -0.39 is 18.1 Å². The van der Waals surface area contributed by atoms with Crippen molar-refractivity contribution in [2.45, 2.75) is 36.9 Å². The van der Waals surface area contributed by atoms with Gasteiger partial charge >= 0.3 is 12.1 Å². The first-order valence-corrected chi connectivity index (χ1v) is 11.6. The largest absolute Gasteiger partial charge is 0.497 e. The van der Waals surface area contributed by atoms with Crippen LogP contribution in [0.15, 0.2) is 66.7 Å². The van der Waals surface area contributed by atoms with Gasteiger partial charge in [0.1, 0.15) is 5.75 Å². The Morgan fingerprint density at radius 3 is 2.21 bits per heavy atom. The molecule has 0 saturated heterocycles. The van der Waals surface area contributed by atoms with Crippen molar-refractivity contribution in [1.82, 2.24) is 5.32 Å². The molecule has 1 amide bonds. The minimum Gasteiger partial charge on any atom is -0.497 e. The maximum absolute atomic E-state index is 13.4. The lowest BCUT2D eigenvalue weighted by Gasteiger charge is -2.32. The highest BCUT2D eigenvalue weighted by molar-refractivity contribution is 5.82. The van der Waals surface area contributed by atoms with Crippen LogP contribution in [0.25, 0.3) is 0 Å². The van der Waals surface area contributed by atoms with E-state index in [2.05, 4.69) is 29.6 Å². The minimum atomic E-state index is -4.95. The fourth-order valence-electron chi connectivity index (χ4n) is 6.76. The summed E-state index contributed by atoms with van der Waals surface area (Å²) in [4.78, 5) is 12.2. The zero-order valence-corrected chi connectivity index (χ0v) is 18.6. The van der Waals surface area contributed by atoms with Gasteiger partial charge in [-0.3, -0.25) is 4.79 Å². The zero-order valence-electron chi connectivity index (χ0n) is 18.6. The molecule has 0 unspecified atom stereocenters. The molecule has 3 aliphatic rings. The molecule has 174 valence electrons. The van der Waals surface area contributed by atoms with E-state index >= 15 is 0 Å². The lowest BCUT2D eigenvalue weighted by atomic mass is 9.74. The highest BCUT2D eigenvalue weighted by Crippen LogP contribution is 2.60. The number of ether oxygens (including phenoxy) is 1. The van der Waals surface area contributed by atoms with Crippen molar-refractivity contribution in [1.29, 1.82) is 0 Å². The second-order valence-electron chi connectivity index (χ2n) is 9.58. The van der Waals surface area contributed by atoms with Crippen LogP contribution in [0.2, 0.25) is 0 Å². The van der Waals surface area contributed by atoms with Crippen molar-refractivity contribution >= 4 is 5.91 Å². The highest BCUT2D eigenvalue weighted by atomic mass is 19.4. The normalized spacial score (nSPS) is 26.4. The van der Waals surface area contributed by atoms with Gasteiger partial charge in [0, 0.05) is 5.92 Å². The maximum Gasteiger partial charge on any atom is 0.471 e. The Balaban J connectivity index is 1.59. The zero-order chi connectivity index (χ0) is 23.6. The number of methoxy groups -OCH3 is 1. The van der Waals surface area contributed by atoms with E-state index in [1.54, 1.807) is 7.11 Å². The summed E-state index contributed by atoms with van der Waals surface area (Å²) in [6.45, 7) is 0. The van der Waals surface area contributed by atoms with Crippen molar-refractivity contribution in [3.63, 3.8) is 0 Å². The summed E-state index contributed by atoms with van der Waals surface area (Å²) in [5, 5.41) is 2.41. The first-order chi connectivity index (χ1) is 16.4. The summed E-state index contributed by atoms with van der Waals surface area (Å²) in [5.41, 5.74) is 6.58. The van der Waals surface area contributed by atoms with Gasteiger partial charge in [-0.1, -0.05) is 54.6 Å². The third-order valence-corrected chi connectivity index (χ3v) is 8.00. The number of carbonyl (C=O) groups is 1. The third-order valence-electron chi connectivity index (χ3n) is 8.00. The molecule has 5 atom stereocenters. The smallest absolute Gasteiger partial charge is 0.471 e. The number of carbonyl (C=O) groups excluding carboxylic acids is 1. The van der Waals surface area contributed by atoms with E-state index in [4.69, 9.17) is 4.74 Å². The van der Waals surface area contributed by atoms with Crippen LogP contribution in [-0.4, -0.2) is 19.2 Å². The molecule has 6 heteroatoms. The van der Waals surface area contributed by atoms with E-state index in [1.165, 1.54) is 16.7 Å². The monoisotopic (exact) mass is 463 g/mol. The number of nitrogens with one attached hydrogen (secondary N) is 1. The summed E-state index contributed by atoms with van der Waals surface area (Å²) in [6.07, 6.45) is -3.46. The fourth-order valence-corrected chi connectivity index (χ4v) is 6.76. The molecule has 0 bridgehead atoms. The third kappa shape index (κ3) is 3.15.